The summed E-state index contributed by atoms with van der Waals surface area (Å²) in [6, 6.07) is 22.8. The van der Waals surface area contributed by atoms with Crippen LogP contribution in [0.15, 0.2) is 91.5 Å². The number of aromatic amines is 1. The molecule has 0 saturated carbocycles. The van der Waals surface area contributed by atoms with E-state index in [1.807, 2.05) is 79.1 Å². The largest absolute Gasteiger partial charge is 0.303 e. The van der Waals surface area contributed by atoms with Gasteiger partial charge in [0.1, 0.15) is 0 Å². The maximum Gasteiger partial charge on any atom is 0.188 e. The van der Waals surface area contributed by atoms with Crippen molar-refractivity contribution in [2.45, 2.75) is 12.5 Å². The molecule has 34 heavy (non-hydrogen) atoms. The third-order valence-corrected chi connectivity index (χ3v) is 5.85. The quantitative estimate of drug-likeness (QED) is 0.345. The van der Waals surface area contributed by atoms with Crippen LogP contribution in [-0.4, -0.2) is 32.1 Å². The van der Waals surface area contributed by atoms with Crippen LogP contribution in [0.5, 0.6) is 0 Å². The van der Waals surface area contributed by atoms with Gasteiger partial charge in [-0.15, -0.1) is 0 Å². The number of ketones is 1. The van der Waals surface area contributed by atoms with Crippen molar-refractivity contribution in [3.05, 3.63) is 114 Å². The minimum Gasteiger partial charge on any atom is -0.303 e. The third-order valence-electron chi connectivity index (χ3n) is 5.85. The molecule has 0 amide bonds. The van der Waals surface area contributed by atoms with Gasteiger partial charge < -0.3 is 5.32 Å². The van der Waals surface area contributed by atoms with E-state index in [-0.39, 0.29) is 5.78 Å². The van der Waals surface area contributed by atoms with E-state index in [9.17, 15) is 4.79 Å². The number of rotatable bonds is 8. The molecule has 0 aliphatic rings. The lowest BCUT2D eigenvalue weighted by Gasteiger charge is -2.18. The van der Waals surface area contributed by atoms with Gasteiger partial charge in [-0.25, -0.2) is 4.52 Å². The number of nitrogens with zero attached hydrogens (tertiary/aromatic N) is 4. The Morgan fingerprint density at radius 2 is 1.85 bits per heavy atom. The van der Waals surface area contributed by atoms with Gasteiger partial charge in [-0.1, -0.05) is 48.5 Å². The standard InChI is InChI=1S/C27H22N6O/c28-14-20-8-6-19(7-9-20)12-13-29-26(21-4-2-1-3-5-21)27(34)24-17-32-33-18-22(10-11-25(24)33)23-15-30-31-16-23/h1-11,15-18,26,29H,12-13H2,(H,30,31)/t26-/m1/s1. The average Bonchev–Trinajstić information content (AvgIpc) is 3.57. The summed E-state index contributed by atoms with van der Waals surface area (Å²) < 4.78 is 1.73. The Hall–Kier alpha value is -4.54. The molecule has 0 fully saturated rings. The number of hydrogen-bond acceptors (Lipinski definition) is 5. The first-order chi connectivity index (χ1) is 16.7. The lowest BCUT2D eigenvalue weighted by molar-refractivity contribution is 0.0945. The number of nitrogens with one attached hydrogen (secondary N) is 2. The minimum atomic E-state index is -0.499. The van der Waals surface area contributed by atoms with E-state index in [2.05, 4.69) is 26.7 Å². The second-order valence-electron chi connectivity index (χ2n) is 8.01. The SMILES string of the molecule is N#Cc1ccc(CCN[C@@H](C(=O)c2cnn3cc(-c4cn[nH]c4)ccc23)c2ccccc2)cc1. The molecule has 3 heterocycles. The molecular weight excluding hydrogens is 424 g/mol. The first kappa shape index (κ1) is 21.3. The van der Waals surface area contributed by atoms with Gasteiger partial charge >= 0.3 is 0 Å². The highest BCUT2D eigenvalue weighted by Crippen LogP contribution is 2.24. The zero-order chi connectivity index (χ0) is 23.3. The molecule has 7 nitrogen and oxygen atoms in total. The molecule has 1 atom stereocenters. The Labute approximate surface area is 196 Å². The smallest absolute Gasteiger partial charge is 0.188 e. The van der Waals surface area contributed by atoms with Crippen molar-refractivity contribution < 1.29 is 4.79 Å². The zero-order valence-electron chi connectivity index (χ0n) is 18.3. The lowest BCUT2D eigenvalue weighted by Crippen LogP contribution is -2.30. The number of H-pyrrole nitrogens is 1. The number of aromatic nitrogens is 4. The van der Waals surface area contributed by atoms with Crippen LogP contribution in [0, 0.1) is 11.3 Å². The fourth-order valence-corrected chi connectivity index (χ4v) is 4.02. The number of benzene rings is 2. The normalized spacial score (nSPS) is 11.9. The number of carbonyl (C=O) groups excluding carboxylic acids is 1. The second-order valence-corrected chi connectivity index (χ2v) is 8.01. The van der Waals surface area contributed by atoms with Crippen LogP contribution in [0.25, 0.3) is 16.6 Å². The molecule has 5 aromatic rings. The molecule has 0 unspecified atom stereocenters. The molecule has 0 aliphatic carbocycles. The Balaban J connectivity index is 1.39. The van der Waals surface area contributed by atoms with Crippen molar-refractivity contribution >= 4 is 11.3 Å². The van der Waals surface area contributed by atoms with Crippen molar-refractivity contribution in [1.29, 1.82) is 5.26 Å². The number of carbonyl (C=O) groups is 1. The molecule has 0 spiro atoms. The number of Topliss-reactive ketones (excluding diaryl/α,β-unsaturated/α-hetero) is 1. The van der Waals surface area contributed by atoms with Crippen LogP contribution in [0.1, 0.15) is 33.1 Å². The molecule has 0 saturated heterocycles. The molecule has 5 rings (SSSR count). The Morgan fingerprint density at radius 3 is 2.59 bits per heavy atom. The number of pyridine rings is 1. The summed E-state index contributed by atoms with van der Waals surface area (Å²) in [6.07, 6.45) is 7.84. The molecule has 2 aromatic carbocycles. The molecule has 0 radical (unpaired) electrons. The fourth-order valence-electron chi connectivity index (χ4n) is 4.02. The van der Waals surface area contributed by atoms with Gasteiger partial charge in [0, 0.05) is 30.1 Å². The maximum absolute atomic E-state index is 13.7. The number of fused-ring (bicyclic) bond motifs is 1. The third kappa shape index (κ3) is 4.35. The van der Waals surface area contributed by atoms with Crippen LogP contribution in [0.2, 0.25) is 0 Å². The van der Waals surface area contributed by atoms with E-state index < -0.39 is 6.04 Å². The predicted molar refractivity (Wildman–Crippen MR) is 129 cm³/mol. The van der Waals surface area contributed by atoms with E-state index in [0.29, 0.717) is 17.7 Å². The van der Waals surface area contributed by atoms with Crippen LogP contribution in [0.4, 0.5) is 0 Å². The molecular formula is C27H22N6O. The highest BCUT2D eigenvalue weighted by atomic mass is 16.1. The summed E-state index contributed by atoms with van der Waals surface area (Å²) >= 11 is 0. The second kappa shape index (κ2) is 9.53. The van der Waals surface area contributed by atoms with Crippen LogP contribution in [0.3, 0.4) is 0 Å². The topological polar surface area (TPSA) is 98.9 Å². The van der Waals surface area contributed by atoms with Gasteiger partial charge in [0.2, 0.25) is 0 Å². The van der Waals surface area contributed by atoms with Crippen molar-refractivity contribution in [3.8, 4) is 17.2 Å². The van der Waals surface area contributed by atoms with Gasteiger partial charge in [-0.3, -0.25) is 9.89 Å². The lowest BCUT2D eigenvalue weighted by atomic mass is 9.97. The van der Waals surface area contributed by atoms with Crippen molar-refractivity contribution in [3.63, 3.8) is 0 Å². The Kier molecular flexibility index (Phi) is 5.97. The highest BCUT2D eigenvalue weighted by Gasteiger charge is 2.24. The van der Waals surface area contributed by atoms with Gasteiger partial charge in [-0.2, -0.15) is 15.5 Å². The summed E-state index contributed by atoms with van der Waals surface area (Å²) in [5.41, 5.74) is 5.89. The first-order valence-corrected chi connectivity index (χ1v) is 11.0. The minimum absolute atomic E-state index is 0.0305. The molecule has 0 bridgehead atoms. The summed E-state index contributed by atoms with van der Waals surface area (Å²) in [6.45, 7) is 0.612. The van der Waals surface area contributed by atoms with E-state index in [1.54, 1.807) is 16.9 Å². The van der Waals surface area contributed by atoms with Crippen LogP contribution >= 0.6 is 0 Å². The predicted octanol–water partition coefficient (Wildman–Crippen LogP) is 4.35. The molecule has 0 aliphatic heterocycles. The number of nitriles is 1. The first-order valence-electron chi connectivity index (χ1n) is 11.0. The Bertz CT molecular complexity index is 1450. The fraction of sp³-hybridized carbons (Fsp3) is 0.111. The van der Waals surface area contributed by atoms with E-state index in [4.69, 9.17) is 5.26 Å². The zero-order valence-corrected chi connectivity index (χ0v) is 18.3. The Morgan fingerprint density at radius 1 is 1.03 bits per heavy atom. The monoisotopic (exact) mass is 446 g/mol. The van der Waals surface area contributed by atoms with E-state index in [1.165, 1.54) is 0 Å². The van der Waals surface area contributed by atoms with Crippen molar-refractivity contribution in [2.75, 3.05) is 6.54 Å². The maximum atomic E-state index is 13.7. The van der Waals surface area contributed by atoms with Gasteiger partial charge in [-0.05, 0) is 35.7 Å². The molecule has 2 N–H and O–H groups in total. The van der Waals surface area contributed by atoms with Crippen LogP contribution < -0.4 is 5.32 Å². The molecule has 166 valence electrons. The molecule has 7 heteroatoms. The van der Waals surface area contributed by atoms with E-state index >= 15 is 0 Å². The van der Waals surface area contributed by atoms with Crippen molar-refractivity contribution in [2.24, 2.45) is 0 Å². The van der Waals surface area contributed by atoms with E-state index in [0.717, 1.165) is 34.2 Å². The van der Waals surface area contributed by atoms with Crippen molar-refractivity contribution in [1.82, 2.24) is 25.1 Å². The van der Waals surface area contributed by atoms with Gasteiger partial charge in [0.05, 0.1) is 41.1 Å². The number of hydrogen-bond donors (Lipinski definition) is 2. The van der Waals surface area contributed by atoms with Gasteiger partial charge in [0.15, 0.2) is 5.78 Å². The molecule has 3 aromatic heterocycles. The summed E-state index contributed by atoms with van der Waals surface area (Å²) in [7, 11) is 0. The van der Waals surface area contributed by atoms with Gasteiger partial charge in [0.25, 0.3) is 0 Å². The summed E-state index contributed by atoms with van der Waals surface area (Å²) in [4.78, 5) is 13.7. The highest BCUT2D eigenvalue weighted by molar-refractivity contribution is 6.06. The average molecular weight is 447 g/mol. The van der Waals surface area contributed by atoms with Crippen LogP contribution in [-0.2, 0) is 6.42 Å². The summed E-state index contributed by atoms with van der Waals surface area (Å²) in [5, 5.41) is 23.7. The summed E-state index contributed by atoms with van der Waals surface area (Å²) in [5.74, 6) is -0.0305.